The van der Waals surface area contributed by atoms with E-state index in [1.165, 1.54) is 12.8 Å². The predicted molar refractivity (Wildman–Crippen MR) is 116 cm³/mol. The highest BCUT2D eigenvalue weighted by atomic mass is 16.5. The number of rotatable bonds is 4. The number of nitrogens with zero attached hydrogens (tertiary/aromatic N) is 4. The molecule has 0 spiro atoms. The number of benzene rings is 1. The molecule has 1 amide bonds. The highest BCUT2D eigenvalue weighted by Crippen LogP contribution is 2.29. The molecule has 2 fully saturated rings. The molecule has 3 heterocycles. The van der Waals surface area contributed by atoms with E-state index in [4.69, 9.17) is 4.74 Å². The van der Waals surface area contributed by atoms with Gasteiger partial charge in [-0.1, -0.05) is 19.1 Å². The van der Waals surface area contributed by atoms with E-state index in [1.807, 2.05) is 35.4 Å². The van der Waals surface area contributed by atoms with Crippen LogP contribution >= 0.6 is 0 Å². The molecule has 2 aliphatic rings. The van der Waals surface area contributed by atoms with Crippen molar-refractivity contribution in [1.29, 1.82) is 0 Å². The van der Waals surface area contributed by atoms with Crippen LogP contribution in [0.4, 0.5) is 11.4 Å². The molecule has 4 rings (SSSR count). The maximum atomic E-state index is 13.1. The number of carbonyl (C=O) groups is 1. The van der Waals surface area contributed by atoms with E-state index in [0.717, 1.165) is 43.3 Å². The Hall–Kier alpha value is -2.76. The van der Waals surface area contributed by atoms with Crippen molar-refractivity contribution in [3.8, 4) is 5.75 Å². The molecule has 1 unspecified atom stereocenters. The fourth-order valence-corrected chi connectivity index (χ4v) is 4.37. The van der Waals surface area contributed by atoms with Crippen molar-refractivity contribution in [2.24, 2.45) is 5.92 Å². The zero-order valence-corrected chi connectivity index (χ0v) is 17.4. The van der Waals surface area contributed by atoms with Gasteiger partial charge in [-0.15, -0.1) is 0 Å². The van der Waals surface area contributed by atoms with Crippen LogP contribution in [0.5, 0.6) is 5.75 Å². The SMILES string of the molecule is COc1ccccc1N1CCN(C(=O)c2cncc(N3CCCC(C)C3)c2)CC1. The van der Waals surface area contributed by atoms with Gasteiger partial charge in [0.15, 0.2) is 0 Å². The Kier molecular flexibility index (Phi) is 5.88. The van der Waals surface area contributed by atoms with Gasteiger partial charge < -0.3 is 19.4 Å². The third kappa shape index (κ3) is 4.31. The molecule has 2 saturated heterocycles. The monoisotopic (exact) mass is 394 g/mol. The lowest BCUT2D eigenvalue weighted by molar-refractivity contribution is 0.0746. The number of piperidine rings is 1. The van der Waals surface area contributed by atoms with Gasteiger partial charge in [-0.05, 0) is 37.0 Å². The van der Waals surface area contributed by atoms with E-state index in [1.54, 1.807) is 13.3 Å². The highest BCUT2D eigenvalue weighted by molar-refractivity contribution is 5.95. The standard InChI is InChI=1S/C23H30N4O2/c1-18-6-5-9-27(17-18)20-14-19(15-24-16-20)23(28)26-12-10-25(11-13-26)21-7-3-4-8-22(21)29-2/h3-4,7-8,14-16,18H,5-6,9-13,17H2,1-2H3. The molecule has 29 heavy (non-hydrogen) atoms. The quantitative estimate of drug-likeness (QED) is 0.796. The zero-order valence-electron chi connectivity index (χ0n) is 17.4. The molecule has 0 saturated carbocycles. The minimum Gasteiger partial charge on any atom is -0.495 e. The van der Waals surface area contributed by atoms with Crippen LogP contribution in [0.25, 0.3) is 0 Å². The van der Waals surface area contributed by atoms with E-state index in [-0.39, 0.29) is 5.91 Å². The Morgan fingerprint density at radius 2 is 1.86 bits per heavy atom. The molecule has 1 atom stereocenters. The maximum Gasteiger partial charge on any atom is 0.255 e. The smallest absolute Gasteiger partial charge is 0.255 e. The molecule has 0 bridgehead atoms. The summed E-state index contributed by atoms with van der Waals surface area (Å²) in [6.07, 6.45) is 6.06. The summed E-state index contributed by atoms with van der Waals surface area (Å²) in [5.74, 6) is 1.63. The first-order valence-corrected chi connectivity index (χ1v) is 10.5. The number of hydrogen-bond acceptors (Lipinski definition) is 5. The fraction of sp³-hybridized carbons (Fsp3) is 0.478. The molecule has 154 valence electrons. The summed E-state index contributed by atoms with van der Waals surface area (Å²) in [4.78, 5) is 24.0. The number of methoxy groups -OCH3 is 1. The second-order valence-electron chi connectivity index (χ2n) is 8.08. The van der Waals surface area contributed by atoms with Crippen molar-refractivity contribution in [2.45, 2.75) is 19.8 Å². The molecular weight excluding hydrogens is 364 g/mol. The number of carbonyl (C=O) groups excluding carboxylic acids is 1. The van der Waals surface area contributed by atoms with Gasteiger partial charge in [0.2, 0.25) is 0 Å². The molecule has 2 aromatic rings. The lowest BCUT2D eigenvalue weighted by Crippen LogP contribution is -2.49. The number of para-hydroxylation sites is 2. The van der Waals surface area contributed by atoms with E-state index >= 15 is 0 Å². The van der Waals surface area contributed by atoms with Crippen molar-refractivity contribution in [2.75, 3.05) is 56.2 Å². The summed E-state index contributed by atoms with van der Waals surface area (Å²) < 4.78 is 5.49. The highest BCUT2D eigenvalue weighted by Gasteiger charge is 2.25. The number of amides is 1. The van der Waals surface area contributed by atoms with Crippen LogP contribution in [0.2, 0.25) is 0 Å². The van der Waals surface area contributed by atoms with Crippen LogP contribution in [0.3, 0.4) is 0 Å². The maximum absolute atomic E-state index is 13.1. The van der Waals surface area contributed by atoms with E-state index in [9.17, 15) is 4.79 Å². The lowest BCUT2D eigenvalue weighted by atomic mass is 10.00. The van der Waals surface area contributed by atoms with Crippen LogP contribution in [0, 0.1) is 5.92 Å². The van der Waals surface area contributed by atoms with Gasteiger partial charge in [-0.25, -0.2) is 0 Å². The Balaban J connectivity index is 1.41. The Labute approximate surface area is 173 Å². The van der Waals surface area contributed by atoms with Crippen LogP contribution in [-0.2, 0) is 0 Å². The van der Waals surface area contributed by atoms with Crippen molar-refractivity contribution < 1.29 is 9.53 Å². The first-order chi connectivity index (χ1) is 14.2. The number of anilines is 2. The van der Waals surface area contributed by atoms with Gasteiger partial charge >= 0.3 is 0 Å². The fourth-order valence-electron chi connectivity index (χ4n) is 4.37. The third-order valence-electron chi connectivity index (χ3n) is 5.99. The Bertz CT molecular complexity index is 848. The van der Waals surface area contributed by atoms with Crippen LogP contribution in [0.15, 0.2) is 42.7 Å². The summed E-state index contributed by atoms with van der Waals surface area (Å²) in [7, 11) is 1.70. The summed E-state index contributed by atoms with van der Waals surface area (Å²) >= 11 is 0. The number of piperazine rings is 1. The number of pyridine rings is 1. The first-order valence-electron chi connectivity index (χ1n) is 10.5. The van der Waals surface area contributed by atoms with Gasteiger partial charge in [-0.2, -0.15) is 0 Å². The largest absolute Gasteiger partial charge is 0.495 e. The second kappa shape index (κ2) is 8.72. The number of hydrogen-bond donors (Lipinski definition) is 0. The minimum absolute atomic E-state index is 0.0732. The molecule has 0 radical (unpaired) electrons. The molecule has 0 aliphatic carbocycles. The molecular formula is C23H30N4O2. The number of aromatic nitrogens is 1. The zero-order chi connectivity index (χ0) is 20.2. The van der Waals surface area contributed by atoms with Crippen molar-refractivity contribution in [3.63, 3.8) is 0 Å². The second-order valence-corrected chi connectivity index (χ2v) is 8.08. The van der Waals surface area contributed by atoms with Crippen molar-refractivity contribution in [3.05, 3.63) is 48.3 Å². The predicted octanol–water partition coefficient (Wildman–Crippen LogP) is 3.29. The van der Waals surface area contributed by atoms with Crippen LogP contribution in [-0.4, -0.2) is 62.2 Å². The van der Waals surface area contributed by atoms with Gasteiger partial charge in [0, 0.05) is 45.5 Å². The summed E-state index contributed by atoms with van der Waals surface area (Å²) in [5.41, 5.74) is 2.84. The van der Waals surface area contributed by atoms with Crippen LogP contribution in [0.1, 0.15) is 30.1 Å². The summed E-state index contributed by atoms with van der Waals surface area (Å²) in [6, 6.07) is 10.1. The van der Waals surface area contributed by atoms with E-state index in [2.05, 4.69) is 27.8 Å². The lowest BCUT2D eigenvalue weighted by Gasteiger charge is -2.37. The average Bonchev–Trinajstić information content (AvgIpc) is 2.79. The molecule has 6 heteroatoms. The normalized spacial score (nSPS) is 19.9. The molecule has 2 aliphatic heterocycles. The topological polar surface area (TPSA) is 48.9 Å². The van der Waals surface area contributed by atoms with Gasteiger partial charge in [0.25, 0.3) is 5.91 Å². The average molecular weight is 395 g/mol. The summed E-state index contributed by atoms with van der Waals surface area (Å²) in [6.45, 7) is 7.35. The van der Waals surface area contributed by atoms with Gasteiger partial charge in [0.05, 0.1) is 30.2 Å². The first kappa shape index (κ1) is 19.6. The van der Waals surface area contributed by atoms with Crippen LogP contribution < -0.4 is 14.5 Å². The van der Waals surface area contributed by atoms with E-state index < -0.39 is 0 Å². The summed E-state index contributed by atoms with van der Waals surface area (Å²) in [5, 5.41) is 0. The third-order valence-corrected chi connectivity index (χ3v) is 5.99. The molecule has 0 N–H and O–H groups in total. The molecule has 1 aromatic heterocycles. The van der Waals surface area contributed by atoms with E-state index in [0.29, 0.717) is 24.6 Å². The molecule has 1 aromatic carbocycles. The van der Waals surface area contributed by atoms with Gasteiger partial charge in [0.1, 0.15) is 5.75 Å². The Morgan fingerprint density at radius 3 is 2.62 bits per heavy atom. The van der Waals surface area contributed by atoms with Crippen molar-refractivity contribution >= 4 is 17.3 Å². The number of ether oxygens (including phenoxy) is 1. The van der Waals surface area contributed by atoms with Gasteiger partial charge in [-0.3, -0.25) is 9.78 Å². The Morgan fingerprint density at radius 1 is 1.07 bits per heavy atom. The minimum atomic E-state index is 0.0732. The van der Waals surface area contributed by atoms with Crippen molar-refractivity contribution in [1.82, 2.24) is 9.88 Å². The molecule has 6 nitrogen and oxygen atoms in total.